The number of aromatic nitrogens is 3. The number of carboxylic acids is 1. The zero-order valence-corrected chi connectivity index (χ0v) is 13.5. The molecule has 0 aliphatic rings. The van der Waals surface area contributed by atoms with Crippen LogP contribution in [0.2, 0.25) is 0 Å². The molecule has 0 aliphatic carbocycles. The predicted molar refractivity (Wildman–Crippen MR) is 86.0 cm³/mol. The summed E-state index contributed by atoms with van der Waals surface area (Å²) in [6, 6.07) is 6.97. The highest BCUT2D eigenvalue weighted by atomic mass is 32.2. The summed E-state index contributed by atoms with van der Waals surface area (Å²) in [6.07, 6.45) is 4.95. The molecule has 0 saturated heterocycles. The van der Waals surface area contributed by atoms with E-state index >= 15 is 0 Å². The van der Waals surface area contributed by atoms with Crippen molar-refractivity contribution in [2.45, 2.75) is 30.3 Å². The van der Waals surface area contributed by atoms with E-state index in [2.05, 4.69) is 15.4 Å². The minimum Gasteiger partial charge on any atom is -0.481 e. The quantitative estimate of drug-likeness (QED) is 0.714. The highest BCUT2D eigenvalue weighted by molar-refractivity contribution is 7.98. The van der Waals surface area contributed by atoms with E-state index < -0.39 is 12.0 Å². The van der Waals surface area contributed by atoms with E-state index in [4.69, 9.17) is 5.11 Å². The van der Waals surface area contributed by atoms with Gasteiger partial charge in [0.25, 0.3) is 0 Å². The third kappa shape index (κ3) is 5.41. The van der Waals surface area contributed by atoms with Gasteiger partial charge < -0.3 is 10.4 Å². The molecule has 122 valence electrons. The van der Waals surface area contributed by atoms with Gasteiger partial charge in [-0.15, -0.1) is 11.8 Å². The first-order valence-corrected chi connectivity index (χ1v) is 8.28. The van der Waals surface area contributed by atoms with Crippen LogP contribution in [-0.2, 0) is 16.1 Å². The minimum absolute atomic E-state index is 0.159. The first kappa shape index (κ1) is 17.0. The molecule has 0 fully saturated rings. The third-order valence-corrected chi connectivity index (χ3v) is 4.01. The Balaban J connectivity index is 1.99. The van der Waals surface area contributed by atoms with Crippen LogP contribution < -0.4 is 5.32 Å². The molecule has 23 heavy (non-hydrogen) atoms. The van der Waals surface area contributed by atoms with E-state index in [0.717, 1.165) is 10.5 Å². The summed E-state index contributed by atoms with van der Waals surface area (Å²) in [7, 11) is 0. The van der Waals surface area contributed by atoms with Crippen molar-refractivity contribution in [3.05, 3.63) is 42.5 Å². The van der Waals surface area contributed by atoms with Crippen LogP contribution in [0.25, 0.3) is 0 Å². The minimum atomic E-state index is -0.958. The van der Waals surface area contributed by atoms with Crippen LogP contribution in [0.5, 0.6) is 0 Å². The van der Waals surface area contributed by atoms with E-state index in [1.165, 1.54) is 12.7 Å². The van der Waals surface area contributed by atoms with Gasteiger partial charge in [-0.05, 0) is 24.0 Å². The van der Waals surface area contributed by atoms with Crippen LogP contribution in [0.3, 0.4) is 0 Å². The average molecular weight is 334 g/mol. The topological polar surface area (TPSA) is 97.1 Å². The second-order valence-electron chi connectivity index (χ2n) is 4.90. The van der Waals surface area contributed by atoms with Gasteiger partial charge in [-0.3, -0.25) is 14.3 Å². The van der Waals surface area contributed by atoms with Crippen molar-refractivity contribution in [1.82, 2.24) is 20.1 Å². The Labute approximate surface area is 138 Å². The molecule has 1 aromatic heterocycles. The van der Waals surface area contributed by atoms with Gasteiger partial charge in [0.15, 0.2) is 0 Å². The first-order valence-electron chi connectivity index (χ1n) is 7.06. The Morgan fingerprint density at radius 3 is 2.65 bits per heavy atom. The molecule has 0 aliphatic heterocycles. The summed E-state index contributed by atoms with van der Waals surface area (Å²) in [5, 5.41) is 15.8. The maximum absolute atomic E-state index is 12.1. The Bertz CT molecular complexity index is 643. The lowest BCUT2D eigenvalue weighted by Gasteiger charge is -2.18. The molecule has 2 N–H and O–H groups in total. The van der Waals surface area contributed by atoms with Gasteiger partial charge in [-0.2, -0.15) is 5.10 Å². The molecule has 7 nitrogen and oxygen atoms in total. The molecular formula is C15H18N4O3S. The van der Waals surface area contributed by atoms with Crippen molar-refractivity contribution in [1.29, 1.82) is 0 Å². The molecule has 1 unspecified atom stereocenters. The van der Waals surface area contributed by atoms with Crippen molar-refractivity contribution in [2.75, 3.05) is 6.26 Å². The number of nitrogens with one attached hydrogen (secondary N) is 1. The summed E-state index contributed by atoms with van der Waals surface area (Å²) in [5.74, 6) is -1.18. The number of carbonyl (C=O) groups excluding carboxylic acids is 1. The number of hydrogen-bond acceptors (Lipinski definition) is 5. The van der Waals surface area contributed by atoms with Crippen molar-refractivity contribution in [2.24, 2.45) is 0 Å². The Hall–Kier alpha value is -2.35. The lowest BCUT2D eigenvalue weighted by Crippen LogP contribution is -2.30. The number of aliphatic carboxylic acids is 1. The second kappa shape index (κ2) is 8.33. The number of carboxylic acid groups (broad SMARTS) is 1. The molecule has 2 rings (SSSR count). The van der Waals surface area contributed by atoms with Crippen molar-refractivity contribution >= 4 is 23.6 Å². The third-order valence-electron chi connectivity index (χ3n) is 3.27. The van der Waals surface area contributed by atoms with Gasteiger partial charge >= 0.3 is 5.97 Å². The van der Waals surface area contributed by atoms with Gasteiger partial charge in [0.05, 0.1) is 19.0 Å². The smallest absolute Gasteiger partial charge is 0.305 e. The van der Waals surface area contributed by atoms with Crippen molar-refractivity contribution in [3.63, 3.8) is 0 Å². The fourth-order valence-electron chi connectivity index (χ4n) is 2.09. The summed E-state index contributed by atoms with van der Waals surface area (Å²) < 4.78 is 1.55. The van der Waals surface area contributed by atoms with Crippen LogP contribution in [0.1, 0.15) is 24.4 Å². The largest absolute Gasteiger partial charge is 0.481 e. The van der Waals surface area contributed by atoms with E-state index in [1.807, 2.05) is 30.5 Å². The number of nitrogens with zero attached hydrogens (tertiary/aromatic N) is 3. The fourth-order valence-corrected chi connectivity index (χ4v) is 2.50. The molecule has 0 spiro atoms. The summed E-state index contributed by atoms with van der Waals surface area (Å²) >= 11 is 1.60. The first-order chi connectivity index (χ1) is 11.1. The lowest BCUT2D eigenvalue weighted by atomic mass is 10.0. The highest BCUT2D eigenvalue weighted by Crippen LogP contribution is 2.21. The van der Waals surface area contributed by atoms with Gasteiger partial charge in [-0.25, -0.2) is 4.98 Å². The maximum atomic E-state index is 12.1. The Morgan fingerprint density at radius 1 is 1.35 bits per heavy atom. The molecule has 1 aromatic carbocycles. The summed E-state index contributed by atoms with van der Waals surface area (Å²) in [5.41, 5.74) is 0.777. The number of amides is 1. The molecule has 0 bridgehead atoms. The Morgan fingerprint density at radius 2 is 2.09 bits per heavy atom. The standard InChI is InChI=1S/C15H18N4O3S/c1-23-12-4-2-11(3-5-12)13(8-15(21)22)18-14(20)6-7-19-10-16-9-17-19/h2-5,9-10,13H,6-8H2,1H3,(H,18,20)(H,21,22). The zero-order valence-electron chi connectivity index (χ0n) is 12.7. The van der Waals surface area contributed by atoms with Crippen molar-refractivity contribution < 1.29 is 14.7 Å². The van der Waals surface area contributed by atoms with Crippen LogP contribution in [-0.4, -0.2) is 38.0 Å². The maximum Gasteiger partial charge on any atom is 0.305 e. The number of carbonyl (C=O) groups is 2. The molecule has 1 heterocycles. The van der Waals surface area contributed by atoms with E-state index in [1.54, 1.807) is 16.4 Å². The van der Waals surface area contributed by atoms with E-state index in [9.17, 15) is 9.59 Å². The van der Waals surface area contributed by atoms with Crippen molar-refractivity contribution in [3.8, 4) is 0 Å². The molecule has 1 atom stereocenters. The second-order valence-corrected chi connectivity index (χ2v) is 5.78. The molecule has 1 amide bonds. The van der Waals surface area contributed by atoms with E-state index in [-0.39, 0.29) is 18.7 Å². The molecular weight excluding hydrogens is 316 g/mol. The SMILES string of the molecule is CSc1ccc(C(CC(=O)O)NC(=O)CCn2cncn2)cc1. The van der Waals surface area contributed by atoms with Gasteiger partial charge in [0, 0.05) is 11.3 Å². The number of rotatable bonds is 8. The molecule has 2 aromatic rings. The summed E-state index contributed by atoms with van der Waals surface area (Å²) in [4.78, 5) is 28.0. The van der Waals surface area contributed by atoms with Crippen LogP contribution in [0.15, 0.2) is 41.8 Å². The van der Waals surface area contributed by atoms with Gasteiger partial charge in [-0.1, -0.05) is 12.1 Å². The highest BCUT2D eigenvalue weighted by Gasteiger charge is 2.18. The Kier molecular flexibility index (Phi) is 6.16. The van der Waals surface area contributed by atoms with Gasteiger partial charge in [0.2, 0.25) is 5.91 Å². The predicted octanol–water partition coefficient (Wildman–Crippen LogP) is 1.72. The average Bonchev–Trinajstić information content (AvgIpc) is 3.05. The van der Waals surface area contributed by atoms with Crippen LogP contribution in [0.4, 0.5) is 0 Å². The van der Waals surface area contributed by atoms with Crippen LogP contribution in [0, 0.1) is 0 Å². The number of hydrogen-bond donors (Lipinski definition) is 2. The number of thioether (sulfide) groups is 1. The lowest BCUT2D eigenvalue weighted by molar-refractivity contribution is -0.137. The molecule has 8 heteroatoms. The van der Waals surface area contributed by atoms with Gasteiger partial charge in [0.1, 0.15) is 12.7 Å². The molecule has 0 radical (unpaired) electrons. The van der Waals surface area contributed by atoms with E-state index in [0.29, 0.717) is 6.54 Å². The summed E-state index contributed by atoms with van der Waals surface area (Å²) in [6.45, 7) is 0.400. The number of aryl methyl sites for hydroxylation is 1. The molecule has 0 saturated carbocycles. The van der Waals surface area contributed by atoms with Crippen LogP contribution >= 0.6 is 11.8 Å². The fraction of sp³-hybridized carbons (Fsp3) is 0.333. The monoisotopic (exact) mass is 334 g/mol. The normalized spacial score (nSPS) is 11.9. The zero-order chi connectivity index (χ0) is 16.7. The number of benzene rings is 1.